The van der Waals surface area contributed by atoms with Gasteiger partial charge < -0.3 is 20.3 Å². The molecule has 0 heterocycles. The largest absolute Gasteiger partial charge is 0.444 e. The highest BCUT2D eigenvalue weighted by Crippen LogP contribution is 2.31. The minimum atomic E-state index is -0.922. The van der Waals surface area contributed by atoms with Crippen molar-refractivity contribution in [3.05, 3.63) is 42.0 Å². The highest BCUT2D eigenvalue weighted by Gasteiger charge is 2.42. The van der Waals surface area contributed by atoms with Crippen LogP contribution in [-0.4, -0.2) is 57.5 Å². The Morgan fingerprint density at radius 2 is 1.69 bits per heavy atom. The van der Waals surface area contributed by atoms with E-state index in [2.05, 4.69) is 17.2 Å². The van der Waals surface area contributed by atoms with Gasteiger partial charge in [-0.25, -0.2) is 4.79 Å². The lowest BCUT2D eigenvalue weighted by Gasteiger charge is -2.43. The Morgan fingerprint density at radius 1 is 1.08 bits per heavy atom. The first-order valence-corrected chi connectivity index (χ1v) is 13.6. The molecule has 0 saturated heterocycles. The zero-order valence-corrected chi connectivity index (χ0v) is 24.5. The second kappa shape index (κ2) is 12.7. The smallest absolute Gasteiger partial charge is 0.408 e. The molecule has 2 atom stereocenters. The molecule has 2 N–H and O–H groups in total. The van der Waals surface area contributed by atoms with Gasteiger partial charge >= 0.3 is 6.09 Å². The van der Waals surface area contributed by atoms with Crippen LogP contribution in [0.2, 0.25) is 0 Å². The average molecular weight is 520 g/mol. The van der Waals surface area contributed by atoms with Gasteiger partial charge in [-0.2, -0.15) is 11.8 Å². The first kappa shape index (κ1) is 31.5. The monoisotopic (exact) mass is 519 g/mol. The summed E-state index contributed by atoms with van der Waals surface area (Å²) in [4.78, 5) is 42.2. The number of nitrogens with one attached hydrogen (secondary N) is 2. The predicted molar refractivity (Wildman–Crippen MR) is 150 cm³/mol. The molecule has 0 bridgehead atoms. The van der Waals surface area contributed by atoms with Crippen LogP contribution in [-0.2, 0) is 14.3 Å². The minimum Gasteiger partial charge on any atom is -0.444 e. The van der Waals surface area contributed by atoms with E-state index in [0.717, 1.165) is 5.56 Å². The Balaban J connectivity index is 3.62. The molecule has 0 spiro atoms. The van der Waals surface area contributed by atoms with Crippen molar-refractivity contribution in [2.45, 2.75) is 97.5 Å². The highest BCUT2D eigenvalue weighted by atomic mass is 32.2. The summed E-state index contributed by atoms with van der Waals surface area (Å²) in [5.74, 6) is 0.00276. The molecule has 202 valence electrons. The van der Waals surface area contributed by atoms with Crippen molar-refractivity contribution in [3.8, 4) is 0 Å². The molecule has 1 aromatic rings. The van der Waals surface area contributed by atoms with Gasteiger partial charge in [0.15, 0.2) is 0 Å². The number of hydrogen-bond donors (Lipinski definition) is 2. The van der Waals surface area contributed by atoms with Crippen LogP contribution in [0.4, 0.5) is 4.79 Å². The summed E-state index contributed by atoms with van der Waals surface area (Å²) < 4.78 is 5.43. The molecular weight excluding hydrogens is 474 g/mol. The topological polar surface area (TPSA) is 87.7 Å². The molecule has 3 amide bonds. The fraction of sp³-hybridized carbons (Fsp3) is 0.607. The molecule has 0 aliphatic heterocycles. The second-order valence-electron chi connectivity index (χ2n) is 11.9. The van der Waals surface area contributed by atoms with E-state index >= 15 is 0 Å². The summed E-state index contributed by atoms with van der Waals surface area (Å²) in [6, 6.07) is 5.66. The van der Waals surface area contributed by atoms with E-state index in [-0.39, 0.29) is 11.8 Å². The van der Waals surface area contributed by atoms with Gasteiger partial charge in [-0.15, -0.1) is 0 Å². The van der Waals surface area contributed by atoms with Crippen molar-refractivity contribution in [1.82, 2.24) is 15.5 Å². The van der Waals surface area contributed by atoms with Gasteiger partial charge in [-0.3, -0.25) is 9.59 Å². The molecule has 1 rings (SSSR count). The lowest BCUT2D eigenvalue weighted by atomic mass is 9.93. The molecule has 0 radical (unpaired) electrons. The maximum atomic E-state index is 14.2. The summed E-state index contributed by atoms with van der Waals surface area (Å²) in [5.41, 5.74) is -0.452. The van der Waals surface area contributed by atoms with E-state index in [1.54, 1.807) is 43.5 Å². The Kier molecular flexibility index (Phi) is 11.1. The molecule has 0 aromatic heterocycles. The third-order valence-electron chi connectivity index (χ3n) is 5.03. The first-order chi connectivity index (χ1) is 16.4. The van der Waals surface area contributed by atoms with Crippen molar-refractivity contribution in [3.63, 3.8) is 0 Å². The molecule has 36 heavy (non-hydrogen) atoms. The first-order valence-electron chi connectivity index (χ1n) is 12.3. The number of carbonyl (C=O) groups is 3. The van der Waals surface area contributed by atoms with Crippen molar-refractivity contribution < 1.29 is 19.1 Å². The summed E-state index contributed by atoms with van der Waals surface area (Å²) in [7, 11) is 0. The number of hydrogen-bond acceptors (Lipinski definition) is 5. The number of benzene rings is 1. The van der Waals surface area contributed by atoms with Gasteiger partial charge in [0.05, 0.1) is 0 Å². The molecule has 2 unspecified atom stereocenters. The van der Waals surface area contributed by atoms with Crippen molar-refractivity contribution >= 4 is 35.7 Å². The van der Waals surface area contributed by atoms with E-state index < -0.39 is 34.9 Å². The Bertz CT molecular complexity index is 926. The van der Waals surface area contributed by atoms with E-state index in [1.807, 2.05) is 72.1 Å². The van der Waals surface area contributed by atoms with E-state index in [4.69, 9.17) is 4.74 Å². The van der Waals surface area contributed by atoms with Crippen LogP contribution >= 0.6 is 11.8 Å². The van der Waals surface area contributed by atoms with Crippen LogP contribution in [0.3, 0.4) is 0 Å². The quantitative estimate of drug-likeness (QED) is 0.446. The minimum absolute atomic E-state index is 0.298. The van der Waals surface area contributed by atoms with E-state index in [9.17, 15) is 14.4 Å². The third kappa shape index (κ3) is 10.2. The zero-order chi connectivity index (χ0) is 27.9. The number of nitrogens with zero attached hydrogens (tertiary/aromatic N) is 1. The van der Waals surface area contributed by atoms with E-state index in [0.29, 0.717) is 17.7 Å². The molecule has 1 aromatic carbocycles. The van der Waals surface area contributed by atoms with Crippen LogP contribution in [0.25, 0.3) is 6.08 Å². The van der Waals surface area contributed by atoms with Crippen molar-refractivity contribution in [2.75, 3.05) is 12.0 Å². The van der Waals surface area contributed by atoms with Crippen LogP contribution in [0.1, 0.15) is 85.9 Å². The molecule has 0 aliphatic rings. The van der Waals surface area contributed by atoms with Crippen LogP contribution < -0.4 is 10.6 Å². The maximum Gasteiger partial charge on any atom is 0.408 e. The van der Waals surface area contributed by atoms with Gasteiger partial charge in [-0.1, -0.05) is 30.9 Å². The molecule has 7 nitrogen and oxygen atoms in total. The van der Waals surface area contributed by atoms with Crippen LogP contribution in [0, 0.1) is 0 Å². The fourth-order valence-corrected chi connectivity index (χ4v) is 4.14. The zero-order valence-electron chi connectivity index (χ0n) is 23.7. The summed E-state index contributed by atoms with van der Waals surface area (Å²) in [5, 5.41) is 5.80. The Hall–Kier alpha value is -2.48. The maximum absolute atomic E-state index is 14.2. The average Bonchev–Trinajstić information content (AvgIpc) is 2.70. The van der Waals surface area contributed by atoms with E-state index in [1.165, 1.54) is 0 Å². The van der Waals surface area contributed by atoms with Crippen molar-refractivity contribution in [2.24, 2.45) is 0 Å². The molecule has 0 fully saturated rings. The fourth-order valence-electron chi connectivity index (χ4n) is 3.67. The number of carbonyl (C=O) groups excluding carboxylic acids is 3. The highest BCUT2D eigenvalue weighted by molar-refractivity contribution is 7.98. The second-order valence-corrected chi connectivity index (χ2v) is 12.9. The van der Waals surface area contributed by atoms with Gasteiger partial charge in [0.1, 0.15) is 17.7 Å². The molecule has 0 aliphatic carbocycles. The molecular formula is C28H45N3O4S. The number of alkyl carbamates (subject to hydrolysis) is 1. The standard InChI is InChI=1S/C28H45N3O4S/c1-12-19-14-13-15-20(18-19)22(23(32)30-26(2,3)4)31(27(5,6)7)24(33)21(16-17-36-11)29-25(34)35-28(8,9)10/h12-15,18,21-22H,1,16-17H2,2-11H3,(H,29,34)(H,30,32). The third-order valence-corrected chi connectivity index (χ3v) is 5.67. The Labute approximate surface area is 221 Å². The van der Waals surface area contributed by atoms with Crippen molar-refractivity contribution in [1.29, 1.82) is 0 Å². The Morgan fingerprint density at radius 3 is 2.17 bits per heavy atom. The SMILES string of the molecule is C=Cc1cccc(C(C(=O)NC(C)(C)C)N(C(=O)C(CCSC)NC(=O)OC(C)(C)C)C(C)(C)C)c1. The molecule has 0 saturated carbocycles. The van der Waals surface area contributed by atoms with Gasteiger partial charge in [0.2, 0.25) is 11.8 Å². The summed E-state index contributed by atoms with van der Waals surface area (Å²) in [6.45, 7) is 20.5. The van der Waals surface area contributed by atoms with Gasteiger partial charge in [0.25, 0.3) is 0 Å². The lowest BCUT2D eigenvalue weighted by Crippen LogP contribution is -2.59. The van der Waals surface area contributed by atoms with Crippen LogP contribution in [0.15, 0.2) is 30.8 Å². The molecule has 8 heteroatoms. The lowest BCUT2D eigenvalue weighted by molar-refractivity contribution is -0.149. The number of thioether (sulfide) groups is 1. The normalized spacial score (nSPS) is 13.8. The number of ether oxygens (including phenoxy) is 1. The summed E-state index contributed by atoms with van der Waals surface area (Å²) >= 11 is 1.58. The number of rotatable bonds is 9. The van der Waals surface area contributed by atoms with Gasteiger partial charge in [0, 0.05) is 11.1 Å². The van der Waals surface area contributed by atoms with Crippen LogP contribution in [0.5, 0.6) is 0 Å². The number of amides is 3. The summed E-state index contributed by atoms with van der Waals surface area (Å²) in [6.07, 6.45) is 3.37. The predicted octanol–water partition coefficient (Wildman–Crippen LogP) is 5.56. The van der Waals surface area contributed by atoms with Gasteiger partial charge in [-0.05, 0) is 97.9 Å².